The SMILES string of the molecule is COC(=O)CSc1ccc(C(C)O)cc1F. The molecule has 5 heteroatoms. The Balaban J connectivity index is 2.72. The minimum absolute atomic E-state index is 0.0709. The van der Waals surface area contributed by atoms with E-state index >= 15 is 0 Å². The van der Waals surface area contributed by atoms with E-state index in [4.69, 9.17) is 0 Å². The summed E-state index contributed by atoms with van der Waals surface area (Å²) in [5, 5.41) is 9.25. The molecule has 0 saturated heterocycles. The second-order valence-electron chi connectivity index (χ2n) is 3.23. The first-order valence-electron chi connectivity index (χ1n) is 4.71. The van der Waals surface area contributed by atoms with Gasteiger partial charge in [-0.3, -0.25) is 4.79 Å². The minimum Gasteiger partial charge on any atom is -0.468 e. The van der Waals surface area contributed by atoms with Crippen LogP contribution in [0.15, 0.2) is 23.1 Å². The lowest BCUT2D eigenvalue weighted by molar-refractivity contribution is -0.137. The van der Waals surface area contributed by atoms with Gasteiger partial charge in [-0.25, -0.2) is 4.39 Å². The highest BCUT2D eigenvalue weighted by Gasteiger charge is 2.09. The third-order valence-corrected chi connectivity index (χ3v) is 3.03. The molecular formula is C11H13FO3S. The quantitative estimate of drug-likeness (QED) is 0.651. The molecule has 0 aliphatic carbocycles. The van der Waals surface area contributed by atoms with Crippen LogP contribution in [0.4, 0.5) is 4.39 Å². The van der Waals surface area contributed by atoms with Gasteiger partial charge in [0, 0.05) is 4.90 Å². The van der Waals surface area contributed by atoms with Gasteiger partial charge in [0.2, 0.25) is 0 Å². The topological polar surface area (TPSA) is 46.5 Å². The molecule has 3 nitrogen and oxygen atoms in total. The molecule has 0 aliphatic heterocycles. The summed E-state index contributed by atoms with van der Waals surface area (Å²) < 4.78 is 17.9. The van der Waals surface area contributed by atoms with E-state index < -0.39 is 17.9 Å². The molecule has 1 unspecified atom stereocenters. The monoisotopic (exact) mass is 244 g/mol. The van der Waals surface area contributed by atoms with Crippen LogP contribution in [-0.4, -0.2) is 23.9 Å². The van der Waals surface area contributed by atoms with Crippen LogP contribution in [0.25, 0.3) is 0 Å². The van der Waals surface area contributed by atoms with E-state index in [-0.39, 0.29) is 5.75 Å². The number of aliphatic hydroxyl groups is 1. The van der Waals surface area contributed by atoms with Gasteiger partial charge in [0.15, 0.2) is 0 Å². The largest absolute Gasteiger partial charge is 0.468 e. The molecule has 16 heavy (non-hydrogen) atoms. The van der Waals surface area contributed by atoms with Crippen LogP contribution in [0, 0.1) is 5.82 Å². The first-order chi connectivity index (χ1) is 7.54. The average molecular weight is 244 g/mol. The molecule has 0 saturated carbocycles. The number of carbonyl (C=O) groups is 1. The number of esters is 1. The molecule has 1 aromatic carbocycles. The van der Waals surface area contributed by atoms with E-state index in [0.29, 0.717) is 10.5 Å². The lowest BCUT2D eigenvalue weighted by Gasteiger charge is -2.07. The number of ether oxygens (including phenoxy) is 1. The fraction of sp³-hybridized carbons (Fsp3) is 0.364. The van der Waals surface area contributed by atoms with E-state index in [1.807, 2.05) is 0 Å². The average Bonchev–Trinajstić information content (AvgIpc) is 2.26. The number of hydrogen-bond donors (Lipinski definition) is 1. The number of methoxy groups -OCH3 is 1. The van der Waals surface area contributed by atoms with Crippen LogP contribution < -0.4 is 0 Å². The Kier molecular flexibility index (Phi) is 4.76. The summed E-state index contributed by atoms with van der Waals surface area (Å²) in [5.74, 6) is -0.766. The molecule has 0 aliphatic rings. The molecular weight excluding hydrogens is 231 g/mol. The number of hydrogen-bond acceptors (Lipinski definition) is 4. The van der Waals surface area contributed by atoms with Crippen molar-refractivity contribution in [3.63, 3.8) is 0 Å². The fourth-order valence-electron chi connectivity index (χ4n) is 1.09. The van der Waals surface area contributed by atoms with Crippen LogP contribution in [0.1, 0.15) is 18.6 Å². The summed E-state index contributed by atoms with van der Waals surface area (Å²) in [6, 6.07) is 4.45. The number of thioether (sulfide) groups is 1. The lowest BCUT2D eigenvalue weighted by atomic mass is 10.1. The van der Waals surface area contributed by atoms with Crippen molar-refractivity contribution < 1.29 is 19.0 Å². The van der Waals surface area contributed by atoms with E-state index in [1.54, 1.807) is 19.1 Å². The maximum absolute atomic E-state index is 13.5. The Morgan fingerprint density at radius 1 is 1.62 bits per heavy atom. The van der Waals surface area contributed by atoms with Gasteiger partial charge in [-0.05, 0) is 24.6 Å². The zero-order valence-electron chi connectivity index (χ0n) is 9.07. The van der Waals surface area contributed by atoms with E-state index in [1.165, 1.54) is 13.2 Å². The summed E-state index contributed by atoms with van der Waals surface area (Å²) >= 11 is 1.07. The number of benzene rings is 1. The summed E-state index contributed by atoms with van der Waals surface area (Å²) in [7, 11) is 1.29. The van der Waals surface area contributed by atoms with Crippen molar-refractivity contribution in [2.24, 2.45) is 0 Å². The molecule has 1 atom stereocenters. The highest BCUT2D eigenvalue weighted by atomic mass is 32.2. The number of halogens is 1. The number of carbonyl (C=O) groups excluding carboxylic acids is 1. The normalized spacial score (nSPS) is 12.2. The summed E-state index contributed by atoms with van der Waals surface area (Å²) in [6.45, 7) is 1.57. The smallest absolute Gasteiger partial charge is 0.315 e. The van der Waals surface area contributed by atoms with Crippen LogP contribution in [0.2, 0.25) is 0 Å². The van der Waals surface area contributed by atoms with Gasteiger partial charge >= 0.3 is 5.97 Å². The van der Waals surface area contributed by atoms with Crippen molar-refractivity contribution in [1.29, 1.82) is 0 Å². The van der Waals surface area contributed by atoms with Gasteiger partial charge in [-0.1, -0.05) is 6.07 Å². The van der Waals surface area contributed by atoms with Gasteiger partial charge in [-0.15, -0.1) is 11.8 Å². The molecule has 1 aromatic rings. The van der Waals surface area contributed by atoms with Crippen molar-refractivity contribution in [3.05, 3.63) is 29.6 Å². The van der Waals surface area contributed by atoms with E-state index in [2.05, 4.69) is 4.74 Å². The predicted octanol–water partition coefficient (Wildman–Crippen LogP) is 2.14. The van der Waals surface area contributed by atoms with Crippen molar-refractivity contribution in [2.45, 2.75) is 17.9 Å². The second kappa shape index (κ2) is 5.86. The van der Waals surface area contributed by atoms with Crippen molar-refractivity contribution in [3.8, 4) is 0 Å². The van der Waals surface area contributed by atoms with Gasteiger partial charge in [0.1, 0.15) is 5.82 Å². The predicted molar refractivity (Wildman–Crippen MR) is 59.8 cm³/mol. The molecule has 1 N–H and O–H groups in total. The van der Waals surface area contributed by atoms with Crippen molar-refractivity contribution in [2.75, 3.05) is 12.9 Å². The molecule has 0 bridgehead atoms. The zero-order chi connectivity index (χ0) is 12.1. The van der Waals surface area contributed by atoms with Gasteiger partial charge < -0.3 is 9.84 Å². The Hall–Kier alpha value is -1.07. The molecule has 1 rings (SSSR count). The second-order valence-corrected chi connectivity index (χ2v) is 4.25. The number of aliphatic hydroxyl groups excluding tert-OH is 1. The summed E-state index contributed by atoms with van der Waals surface area (Å²) in [4.78, 5) is 11.2. The fourth-order valence-corrected chi connectivity index (χ4v) is 1.84. The van der Waals surface area contributed by atoms with Crippen LogP contribution >= 0.6 is 11.8 Å². The first kappa shape index (κ1) is 13.0. The molecule has 0 fully saturated rings. The maximum Gasteiger partial charge on any atom is 0.315 e. The van der Waals surface area contributed by atoms with Crippen molar-refractivity contribution >= 4 is 17.7 Å². The standard InChI is InChI=1S/C11H13FO3S/c1-7(13)8-3-4-10(9(12)5-8)16-6-11(14)15-2/h3-5,7,13H,6H2,1-2H3. The molecule has 0 heterocycles. The summed E-state index contributed by atoms with van der Waals surface area (Å²) in [5.41, 5.74) is 0.514. The Morgan fingerprint density at radius 2 is 2.31 bits per heavy atom. The van der Waals surface area contributed by atoms with Gasteiger partial charge in [0.05, 0.1) is 19.0 Å². The van der Waals surface area contributed by atoms with E-state index in [0.717, 1.165) is 11.8 Å². The molecule has 88 valence electrons. The molecule has 0 radical (unpaired) electrons. The maximum atomic E-state index is 13.5. The minimum atomic E-state index is -0.700. The van der Waals surface area contributed by atoms with Crippen LogP contribution in [-0.2, 0) is 9.53 Å². The van der Waals surface area contributed by atoms with Gasteiger partial charge in [-0.2, -0.15) is 0 Å². The Labute approximate surface area is 97.6 Å². The van der Waals surface area contributed by atoms with Gasteiger partial charge in [0.25, 0.3) is 0 Å². The first-order valence-corrected chi connectivity index (χ1v) is 5.70. The van der Waals surface area contributed by atoms with Crippen molar-refractivity contribution in [1.82, 2.24) is 0 Å². The third-order valence-electron chi connectivity index (χ3n) is 2.01. The van der Waals surface area contributed by atoms with E-state index in [9.17, 15) is 14.3 Å². The number of rotatable bonds is 4. The molecule has 0 aromatic heterocycles. The Bertz CT molecular complexity index is 379. The summed E-state index contributed by atoms with van der Waals surface area (Å²) in [6.07, 6.45) is -0.700. The van der Waals surface area contributed by atoms with Crippen LogP contribution in [0.5, 0.6) is 0 Å². The lowest BCUT2D eigenvalue weighted by Crippen LogP contribution is -2.03. The Morgan fingerprint density at radius 3 is 2.81 bits per heavy atom. The molecule has 0 amide bonds. The highest BCUT2D eigenvalue weighted by Crippen LogP contribution is 2.24. The third kappa shape index (κ3) is 3.50. The van der Waals surface area contributed by atoms with Crippen LogP contribution in [0.3, 0.4) is 0 Å². The zero-order valence-corrected chi connectivity index (χ0v) is 9.88. The highest BCUT2D eigenvalue weighted by molar-refractivity contribution is 8.00. The molecule has 0 spiro atoms.